The summed E-state index contributed by atoms with van der Waals surface area (Å²) in [4.78, 5) is 8.37. The third-order valence-electron chi connectivity index (χ3n) is 4.72. The van der Waals surface area contributed by atoms with E-state index in [1.807, 2.05) is 24.6 Å². The molecule has 0 atom stereocenters. The fourth-order valence-electron chi connectivity index (χ4n) is 3.23. The maximum Gasteiger partial charge on any atom is 0.191 e. The van der Waals surface area contributed by atoms with Gasteiger partial charge in [0, 0.05) is 44.8 Å². The average Bonchev–Trinajstić information content (AvgIpc) is 3.25. The molecule has 0 fully saturated rings. The van der Waals surface area contributed by atoms with Gasteiger partial charge < -0.3 is 15.2 Å². The number of aryl methyl sites for hydroxylation is 4. The number of nitrogens with zero attached hydrogens (tertiary/aromatic N) is 5. The van der Waals surface area contributed by atoms with Gasteiger partial charge in [-0.1, -0.05) is 6.07 Å². The summed E-state index contributed by atoms with van der Waals surface area (Å²) in [5, 5.41) is 11.0. The highest BCUT2D eigenvalue weighted by atomic mass is 127. The van der Waals surface area contributed by atoms with Crippen molar-refractivity contribution < 1.29 is 4.39 Å². The van der Waals surface area contributed by atoms with E-state index in [1.54, 1.807) is 30.1 Å². The molecule has 0 saturated heterocycles. The number of aromatic nitrogens is 4. The minimum atomic E-state index is -0.279. The van der Waals surface area contributed by atoms with Gasteiger partial charge in [-0.15, -0.1) is 24.0 Å². The van der Waals surface area contributed by atoms with E-state index in [0.717, 1.165) is 36.6 Å². The van der Waals surface area contributed by atoms with Crippen LogP contribution < -0.4 is 10.6 Å². The molecule has 0 bridgehead atoms. The van der Waals surface area contributed by atoms with Crippen molar-refractivity contribution in [3.05, 3.63) is 65.3 Å². The Kier molecular flexibility index (Phi) is 8.82. The average molecular weight is 525 g/mol. The summed E-state index contributed by atoms with van der Waals surface area (Å²) in [6.45, 7) is 8.01. The number of hydrogen-bond acceptors (Lipinski definition) is 3. The third-order valence-corrected chi connectivity index (χ3v) is 4.72. The number of imidazole rings is 1. The van der Waals surface area contributed by atoms with Crippen molar-refractivity contribution in [2.75, 3.05) is 13.6 Å². The minimum absolute atomic E-state index is 0. The molecule has 0 radical (unpaired) electrons. The lowest BCUT2D eigenvalue weighted by molar-refractivity contribution is 0.555. The lowest BCUT2D eigenvalue weighted by Gasteiger charge is -2.13. The zero-order valence-corrected chi connectivity index (χ0v) is 20.1. The summed E-state index contributed by atoms with van der Waals surface area (Å²) in [6, 6.07) is 7.29. The van der Waals surface area contributed by atoms with Crippen LogP contribution in [0, 0.1) is 26.6 Å². The fourth-order valence-corrected chi connectivity index (χ4v) is 3.23. The molecule has 3 aromatic rings. The van der Waals surface area contributed by atoms with Crippen molar-refractivity contribution in [3.63, 3.8) is 0 Å². The largest absolute Gasteiger partial charge is 0.356 e. The Balaban J connectivity index is 0.00000320. The molecule has 7 nitrogen and oxygen atoms in total. The number of aliphatic imine (C=N–C) groups is 1. The maximum absolute atomic E-state index is 14.5. The molecular formula is C21H29FIN7. The Labute approximate surface area is 193 Å². The molecule has 162 valence electrons. The van der Waals surface area contributed by atoms with Crippen LogP contribution in [0.5, 0.6) is 0 Å². The molecule has 9 heteroatoms. The first-order chi connectivity index (χ1) is 14.0. The molecule has 0 aliphatic carbocycles. The number of halogens is 2. The van der Waals surface area contributed by atoms with Gasteiger partial charge in [0.25, 0.3) is 0 Å². The lowest BCUT2D eigenvalue weighted by Crippen LogP contribution is -2.37. The standard InChI is InChI=1S/C21H28FN7.HI/c1-15-12-16(2)29(27-15)10-5-8-25-21(23-4)26-14-18-6-7-20(19(22)13-18)28-11-9-24-17(28)3;/h6-7,9,11-13H,5,8,10,14H2,1-4H3,(H2,23,25,26);1H. The smallest absolute Gasteiger partial charge is 0.191 e. The van der Waals surface area contributed by atoms with E-state index in [4.69, 9.17) is 0 Å². The second-order valence-electron chi connectivity index (χ2n) is 6.99. The molecule has 0 saturated carbocycles. The first kappa shape index (κ1) is 23.8. The van der Waals surface area contributed by atoms with Crippen molar-refractivity contribution >= 4 is 29.9 Å². The van der Waals surface area contributed by atoms with E-state index in [-0.39, 0.29) is 29.8 Å². The van der Waals surface area contributed by atoms with Crippen molar-refractivity contribution in [3.8, 4) is 5.69 Å². The minimum Gasteiger partial charge on any atom is -0.356 e. The zero-order chi connectivity index (χ0) is 20.8. The number of hydrogen-bond donors (Lipinski definition) is 2. The lowest BCUT2D eigenvalue weighted by atomic mass is 10.2. The van der Waals surface area contributed by atoms with Gasteiger partial charge in [0.2, 0.25) is 0 Å². The number of guanidine groups is 1. The molecule has 1 aromatic carbocycles. The number of rotatable bonds is 7. The van der Waals surface area contributed by atoms with Crippen LogP contribution in [-0.4, -0.2) is 38.9 Å². The molecule has 2 N–H and O–H groups in total. The predicted molar refractivity (Wildman–Crippen MR) is 128 cm³/mol. The molecule has 3 rings (SSSR count). The van der Waals surface area contributed by atoms with Crippen molar-refractivity contribution in [2.45, 2.75) is 40.3 Å². The Morgan fingerprint density at radius 1 is 1.17 bits per heavy atom. The van der Waals surface area contributed by atoms with Gasteiger partial charge in [-0.05, 0) is 51.0 Å². The molecule has 30 heavy (non-hydrogen) atoms. The third kappa shape index (κ3) is 6.04. The first-order valence-electron chi connectivity index (χ1n) is 9.72. The fraction of sp³-hybridized carbons (Fsp3) is 0.381. The SMILES string of the molecule is CN=C(NCCCn1nc(C)cc1C)NCc1ccc(-n2ccnc2C)c(F)c1.I. The van der Waals surface area contributed by atoms with Crippen LogP contribution >= 0.6 is 24.0 Å². The van der Waals surface area contributed by atoms with E-state index in [2.05, 4.69) is 38.7 Å². The van der Waals surface area contributed by atoms with Gasteiger partial charge in [-0.3, -0.25) is 9.67 Å². The van der Waals surface area contributed by atoms with Gasteiger partial charge in [0.05, 0.1) is 11.4 Å². The highest BCUT2D eigenvalue weighted by molar-refractivity contribution is 14.0. The summed E-state index contributed by atoms with van der Waals surface area (Å²) in [7, 11) is 1.72. The zero-order valence-electron chi connectivity index (χ0n) is 17.8. The molecule has 0 unspecified atom stereocenters. The predicted octanol–water partition coefficient (Wildman–Crippen LogP) is 3.51. The Morgan fingerprint density at radius 3 is 2.57 bits per heavy atom. The summed E-state index contributed by atoms with van der Waals surface area (Å²) < 4.78 is 18.3. The highest BCUT2D eigenvalue weighted by Gasteiger charge is 2.08. The van der Waals surface area contributed by atoms with Crippen LogP contribution in [0.3, 0.4) is 0 Å². The maximum atomic E-state index is 14.5. The number of benzene rings is 1. The van der Waals surface area contributed by atoms with Crippen LogP contribution in [0.2, 0.25) is 0 Å². The van der Waals surface area contributed by atoms with Crippen LogP contribution in [0.25, 0.3) is 5.69 Å². The van der Waals surface area contributed by atoms with Crippen LogP contribution in [0.4, 0.5) is 4.39 Å². The van der Waals surface area contributed by atoms with E-state index in [1.165, 1.54) is 11.8 Å². The van der Waals surface area contributed by atoms with Gasteiger partial charge in [-0.25, -0.2) is 9.37 Å². The van der Waals surface area contributed by atoms with E-state index in [0.29, 0.717) is 18.2 Å². The van der Waals surface area contributed by atoms with Crippen LogP contribution in [-0.2, 0) is 13.1 Å². The Bertz CT molecular complexity index is 993. The summed E-state index contributed by atoms with van der Waals surface area (Å²) in [5.74, 6) is 1.16. The summed E-state index contributed by atoms with van der Waals surface area (Å²) in [6.07, 6.45) is 4.34. The molecule has 0 aliphatic heterocycles. The quantitative estimate of drug-likeness (QED) is 0.215. The molecule has 0 amide bonds. The number of nitrogens with one attached hydrogen (secondary N) is 2. The summed E-state index contributed by atoms with van der Waals surface area (Å²) >= 11 is 0. The van der Waals surface area contributed by atoms with Gasteiger partial charge in [0.15, 0.2) is 5.96 Å². The normalized spacial score (nSPS) is 11.3. The topological polar surface area (TPSA) is 72.1 Å². The first-order valence-corrected chi connectivity index (χ1v) is 9.72. The second-order valence-corrected chi connectivity index (χ2v) is 6.99. The molecule has 2 aromatic heterocycles. The highest BCUT2D eigenvalue weighted by Crippen LogP contribution is 2.16. The molecule has 2 heterocycles. The van der Waals surface area contributed by atoms with Crippen LogP contribution in [0.1, 0.15) is 29.2 Å². The monoisotopic (exact) mass is 525 g/mol. The van der Waals surface area contributed by atoms with Crippen LogP contribution in [0.15, 0.2) is 41.7 Å². The van der Waals surface area contributed by atoms with Gasteiger partial charge >= 0.3 is 0 Å². The molecule has 0 aliphatic rings. The second kappa shape index (κ2) is 11.1. The summed E-state index contributed by atoms with van der Waals surface area (Å²) in [5.41, 5.74) is 3.54. The van der Waals surface area contributed by atoms with E-state index in [9.17, 15) is 4.39 Å². The van der Waals surface area contributed by atoms with Gasteiger partial charge in [-0.2, -0.15) is 5.10 Å². The van der Waals surface area contributed by atoms with Gasteiger partial charge in [0.1, 0.15) is 11.6 Å². The molecular weight excluding hydrogens is 496 g/mol. The molecule has 0 spiro atoms. The van der Waals surface area contributed by atoms with E-state index < -0.39 is 0 Å². The van der Waals surface area contributed by atoms with E-state index >= 15 is 0 Å². The Hall–Kier alpha value is -2.43. The Morgan fingerprint density at radius 2 is 1.97 bits per heavy atom. The van der Waals surface area contributed by atoms with Crippen molar-refractivity contribution in [2.24, 2.45) is 4.99 Å². The van der Waals surface area contributed by atoms with Crippen molar-refractivity contribution in [1.29, 1.82) is 0 Å². The van der Waals surface area contributed by atoms with Crippen molar-refractivity contribution in [1.82, 2.24) is 30.0 Å².